The smallest absolute Gasteiger partial charge is 0.318 e. The van der Waals surface area contributed by atoms with E-state index < -0.39 is 22.3 Å². The molecular formula is C14H12N2O4S-2. The predicted octanol–water partition coefficient (Wildman–Crippen LogP) is -0.313. The maximum Gasteiger partial charge on any atom is 0.318 e. The molecule has 2 aromatic carbocycles. The average molecular weight is 304 g/mol. The van der Waals surface area contributed by atoms with Gasteiger partial charge in [0.1, 0.15) is 0 Å². The van der Waals surface area contributed by atoms with E-state index in [0.717, 1.165) is 0 Å². The van der Waals surface area contributed by atoms with Crippen LogP contribution in [0.25, 0.3) is 0 Å². The maximum absolute atomic E-state index is 11.7. The van der Waals surface area contributed by atoms with Gasteiger partial charge >= 0.3 is 10.2 Å². The van der Waals surface area contributed by atoms with Gasteiger partial charge in [-0.2, -0.15) is 17.5 Å². The van der Waals surface area contributed by atoms with Gasteiger partial charge in [-0.3, -0.25) is 0 Å². The standard InChI is InChI=1S/C14H14N2O4S/c17-14(18)16-21(19,20)15-13(11-7-3-1-4-8-11)12-9-5-2-6-10-12/h1-10,13,15H,(H2,16,17,18)/p-2. The van der Waals surface area contributed by atoms with Gasteiger partial charge in [0.25, 0.3) is 0 Å². The van der Waals surface area contributed by atoms with Gasteiger partial charge in [-0.1, -0.05) is 66.7 Å². The van der Waals surface area contributed by atoms with Crippen molar-refractivity contribution in [2.24, 2.45) is 4.40 Å². The van der Waals surface area contributed by atoms with Crippen molar-refractivity contribution in [1.29, 1.82) is 0 Å². The van der Waals surface area contributed by atoms with E-state index in [9.17, 15) is 18.6 Å². The number of hydrogen-bond acceptors (Lipinski definition) is 4. The summed E-state index contributed by atoms with van der Waals surface area (Å²) in [5, 5.41) is 20.7. The van der Waals surface area contributed by atoms with Crippen molar-refractivity contribution in [3.8, 4) is 0 Å². The molecule has 0 radical (unpaired) electrons. The van der Waals surface area contributed by atoms with E-state index in [2.05, 4.69) is 9.12 Å². The highest BCUT2D eigenvalue weighted by atomic mass is 32.2. The number of benzene rings is 2. The zero-order valence-electron chi connectivity index (χ0n) is 10.8. The summed E-state index contributed by atoms with van der Waals surface area (Å²) in [4.78, 5) is 0. The number of nitrogens with zero attached hydrogens (tertiary/aromatic N) is 1. The van der Waals surface area contributed by atoms with Crippen LogP contribution in [0.5, 0.6) is 0 Å². The molecule has 0 aromatic heterocycles. The Labute approximate surface area is 122 Å². The molecule has 0 atom stereocenters. The minimum Gasteiger partial charge on any atom is -0.869 e. The molecule has 0 spiro atoms. The van der Waals surface area contributed by atoms with Crippen molar-refractivity contribution in [2.75, 3.05) is 0 Å². The van der Waals surface area contributed by atoms with Crippen LogP contribution in [0.15, 0.2) is 65.1 Å². The van der Waals surface area contributed by atoms with Crippen LogP contribution in [0.4, 0.5) is 0 Å². The Hall–Kier alpha value is -2.38. The SMILES string of the molecule is O=S(=O)(N=C([O-])[O-])NC(c1ccccc1)c1ccccc1. The summed E-state index contributed by atoms with van der Waals surface area (Å²) < 4.78 is 28.2. The van der Waals surface area contributed by atoms with Crippen LogP contribution >= 0.6 is 0 Å². The average Bonchev–Trinajstić information content (AvgIpc) is 2.45. The molecule has 6 nitrogen and oxygen atoms in total. The van der Waals surface area contributed by atoms with Gasteiger partial charge in [0.15, 0.2) is 0 Å². The largest absolute Gasteiger partial charge is 0.869 e. The fourth-order valence-corrected chi connectivity index (χ4v) is 2.71. The molecule has 0 unspecified atom stereocenters. The fourth-order valence-electron chi connectivity index (χ4n) is 1.89. The van der Waals surface area contributed by atoms with E-state index in [1.54, 1.807) is 60.7 Å². The summed E-state index contributed by atoms with van der Waals surface area (Å²) in [6, 6.07) is 16.8. The van der Waals surface area contributed by atoms with Crippen LogP contribution in [0, 0.1) is 0 Å². The highest BCUT2D eigenvalue weighted by Gasteiger charge is 2.19. The minimum atomic E-state index is -4.36. The van der Waals surface area contributed by atoms with Gasteiger partial charge in [-0.05, 0) is 11.1 Å². The lowest BCUT2D eigenvalue weighted by molar-refractivity contribution is -0.383. The zero-order chi connectivity index (χ0) is 15.3. The zero-order valence-corrected chi connectivity index (χ0v) is 11.7. The summed E-state index contributed by atoms with van der Waals surface area (Å²) in [5.74, 6) is 0. The Morgan fingerprint density at radius 2 is 1.33 bits per heavy atom. The summed E-state index contributed by atoms with van der Waals surface area (Å²) in [5.41, 5.74) is 1.33. The van der Waals surface area contributed by atoms with Crippen LogP contribution < -0.4 is 14.9 Å². The van der Waals surface area contributed by atoms with Crippen molar-refractivity contribution in [1.82, 2.24) is 4.72 Å². The molecule has 21 heavy (non-hydrogen) atoms. The van der Waals surface area contributed by atoms with E-state index in [0.29, 0.717) is 11.1 Å². The van der Waals surface area contributed by atoms with E-state index in [1.807, 2.05) is 0 Å². The number of rotatable bonds is 5. The summed E-state index contributed by atoms with van der Waals surface area (Å²) in [6.45, 7) is 0. The van der Waals surface area contributed by atoms with E-state index in [4.69, 9.17) is 0 Å². The molecule has 0 saturated carbocycles. The molecule has 0 aliphatic heterocycles. The van der Waals surface area contributed by atoms with Crippen molar-refractivity contribution in [3.63, 3.8) is 0 Å². The quantitative estimate of drug-likeness (QED) is 0.604. The fraction of sp³-hybridized carbons (Fsp3) is 0.0714. The van der Waals surface area contributed by atoms with E-state index in [1.165, 1.54) is 0 Å². The van der Waals surface area contributed by atoms with Gasteiger partial charge in [-0.15, -0.1) is 0 Å². The van der Waals surface area contributed by atoms with Gasteiger partial charge < -0.3 is 10.2 Å². The summed E-state index contributed by atoms with van der Waals surface area (Å²) in [6.07, 6.45) is -2.01. The van der Waals surface area contributed by atoms with Gasteiger partial charge in [0.2, 0.25) is 0 Å². The second kappa shape index (κ2) is 6.38. The monoisotopic (exact) mass is 304 g/mol. The van der Waals surface area contributed by atoms with Crippen molar-refractivity contribution < 1.29 is 18.6 Å². The topological polar surface area (TPSA) is 105 Å². The van der Waals surface area contributed by atoms with E-state index >= 15 is 0 Å². The van der Waals surface area contributed by atoms with Gasteiger partial charge in [-0.25, -0.2) is 0 Å². The molecule has 0 amide bonds. The lowest BCUT2D eigenvalue weighted by Gasteiger charge is -2.20. The van der Waals surface area contributed by atoms with Gasteiger partial charge in [0.05, 0.1) is 6.04 Å². The minimum absolute atomic E-state index is 0.667. The predicted molar refractivity (Wildman–Crippen MR) is 74.2 cm³/mol. The Kier molecular flexibility index (Phi) is 4.56. The molecule has 0 bridgehead atoms. The molecule has 2 aromatic rings. The Morgan fingerprint density at radius 3 is 1.71 bits per heavy atom. The highest BCUT2D eigenvalue weighted by Crippen LogP contribution is 2.22. The number of nitrogens with one attached hydrogen (secondary N) is 1. The van der Waals surface area contributed by atoms with Crippen molar-refractivity contribution in [2.45, 2.75) is 6.04 Å². The maximum atomic E-state index is 11.7. The Morgan fingerprint density at radius 1 is 0.905 bits per heavy atom. The molecule has 1 N–H and O–H groups in total. The van der Waals surface area contributed by atoms with Gasteiger partial charge in [0, 0.05) is 0 Å². The van der Waals surface area contributed by atoms with Crippen LogP contribution in [0.2, 0.25) is 0 Å². The highest BCUT2D eigenvalue weighted by molar-refractivity contribution is 7.88. The first-order valence-electron chi connectivity index (χ1n) is 6.04. The Bertz CT molecular complexity index is 672. The first-order chi connectivity index (χ1) is 9.98. The molecule has 110 valence electrons. The normalized spacial score (nSPS) is 11.3. The molecule has 0 saturated heterocycles. The second-order valence-electron chi connectivity index (χ2n) is 4.20. The molecule has 0 aliphatic rings. The van der Waals surface area contributed by atoms with E-state index in [-0.39, 0.29) is 0 Å². The molecule has 2 rings (SSSR count). The Balaban J connectivity index is 2.41. The molecule has 0 heterocycles. The third-order valence-corrected chi connectivity index (χ3v) is 3.65. The summed E-state index contributed by atoms with van der Waals surface area (Å²) >= 11 is 0. The lowest BCUT2D eigenvalue weighted by atomic mass is 10.00. The number of hydrogen-bond donors (Lipinski definition) is 1. The van der Waals surface area contributed by atoms with Crippen LogP contribution in [-0.2, 0) is 10.2 Å². The molecule has 7 heteroatoms. The summed E-state index contributed by atoms with van der Waals surface area (Å²) in [7, 11) is -4.36. The van der Waals surface area contributed by atoms with Crippen LogP contribution in [0.1, 0.15) is 17.2 Å². The van der Waals surface area contributed by atoms with Crippen LogP contribution in [-0.4, -0.2) is 14.5 Å². The van der Waals surface area contributed by atoms with Crippen molar-refractivity contribution in [3.05, 3.63) is 71.8 Å². The first-order valence-corrected chi connectivity index (χ1v) is 7.48. The molecule has 0 fully saturated rings. The first kappa shape index (κ1) is 15.0. The third-order valence-electron chi connectivity index (χ3n) is 2.73. The lowest BCUT2D eigenvalue weighted by Crippen LogP contribution is -2.36. The van der Waals surface area contributed by atoms with Crippen LogP contribution in [0.3, 0.4) is 0 Å². The second-order valence-corrected chi connectivity index (χ2v) is 5.57. The molecular weight excluding hydrogens is 292 g/mol. The molecule has 0 aliphatic carbocycles. The third kappa shape index (κ3) is 4.30. The van der Waals surface area contributed by atoms with Crippen molar-refractivity contribution >= 4 is 16.3 Å².